The summed E-state index contributed by atoms with van der Waals surface area (Å²) in [4.78, 5) is 13.7. The van der Waals surface area contributed by atoms with E-state index in [1.165, 1.54) is 12.7 Å². The van der Waals surface area contributed by atoms with Gasteiger partial charge in [-0.25, -0.2) is 9.69 Å². The second-order valence-corrected chi connectivity index (χ2v) is 5.94. The number of nitrogens with zero attached hydrogens (tertiary/aromatic N) is 1. The highest BCUT2D eigenvalue weighted by atomic mass is 16.5. The van der Waals surface area contributed by atoms with Gasteiger partial charge in [-0.15, -0.1) is 0 Å². The summed E-state index contributed by atoms with van der Waals surface area (Å²) in [5, 5.41) is 0. The molecule has 2 rings (SSSR count). The lowest BCUT2D eigenvalue weighted by atomic mass is 9.87. The van der Waals surface area contributed by atoms with E-state index in [9.17, 15) is 4.79 Å². The smallest absolute Gasteiger partial charge is 0.418 e. The molecule has 3 heteroatoms. The van der Waals surface area contributed by atoms with Crippen LogP contribution in [0.15, 0.2) is 54.6 Å². The van der Waals surface area contributed by atoms with E-state index in [-0.39, 0.29) is 5.41 Å². The molecule has 0 unspecified atom stereocenters. The summed E-state index contributed by atoms with van der Waals surface area (Å²) in [6.45, 7) is 6.49. The maximum Gasteiger partial charge on any atom is 0.418 e. The second kappa shape index (κ2) is 6.00. The van der Waals surface area contributed by atoms with Crippen molar-refractivity contribution >= 4 is 17.5 Å². The standard InChI is InChI=1S/C18H21NO2/c1-18(2,3)14-10-12-16(13-11-14)19(17(20)21-4)15-8-6-5-7-9-15/h5-13H,1-4H3. The van der Waals surface area contributed by atoms with E-state index >= 15 is 0 Å². The number of ether oxygens (including phenoxy) is 1. The summed E-state index contributed by atoms with van der Waals surface area (Å²) in [7, 11) is 1.39. The maximum absolute atomic E-state index is 12.1. The Balaban J connectivity index is 2.41. The summed E-state index contributed by atoms with van der Waals surface area (Å²) in [6, 6.07) is 17.5. The fraction of sp³-hybridized carbons (Fsp3) is 0.278. The van der Waals surface area contributed by atoms with Crippen LogP contribution in [0, 0.1) is 0 Å². The van der Waals surface area contributed by atoms with Crippen molar-refractivity contribution in [1.82, 2.24) is 0 Å². The van der Waals surface area contributed by atoms with Crippen molar-refractivity contribution in [3.63, 3.8) is 0 Å². The number of hydrogen-bond acceptors (Lipinski definition) is 2. The van der Waals surface area contributed by atoms with Crippen LogP contribution in [0.25, 0.3) is 0 Å². The van der Waals surface area contributed by atoms with E-state index in [1.807, 2.05) is 54.6 Å². The number of carbonyl (C=O) groups excluding carboxylic acids is 1. The number of methoxy groups -OCH3 is 1. The summed E-state index contributed by atoms with van der Waals surface area (Å²) in [5.74, 6) is 0. The first-order chi connectivity index (χ1) is 9.93. The van der Waals surface area contributed by atoms with E-state index < -0.39 is 6.09 Å². The molecule has 3 nitrogen and oxygen atoms in total. The monoisotopic (exact) mass is 283 g/mol. The van der Waals surface area contributed by atoms with Gasteiger partial charge < -0.3 is 4.74 Å². The molecule has 0 aliphatic carbocycles. The third-order valence-corrected chi connectivity index (χ3v) is 3.36. The predicted molar refractivity (Wildman–Crippen MR) is 86.1 cm³/mol. The Morgan fingerprint density at radius 1 is 0.905 bits per heavy atom. The molecule has 21 heavy (non-hydrogen) atoms. The van der Waals surface area contributed by atoms with Crippen LogP contribution in [0.1, 0.15) is 26.3 Å². The molecule has 0 aliphatic heterocycles. The molecule has 0 atom stereocenters. The number of hydrogen-bond donors (Lipinski definition) is 0. The highest BCUT2D eigenvalue weighted by Gasteiger charge is 2.19. The zero-order valence-corrected chi connectivity index (χ0v) is 13.0. The Labute approximate surface area is 126 Å². The van der Waals surface area contributed by atoms with Gasteiger partial charge in [-0.1, -0.05) is 51.1 Å². The van der Waals surface area contributed by atoms with Gasteiger partial charge in [-0.05, 0) is 35.2 Å². The van der Waals surface area contributed by atoms with Crippen LogP contribution >= 0.6 is 0 Å². The van der Waals surface area contributed by atoms with Crippen LogP contribution in [0.2, 0.25) is 0 Å². The molecule has 0 aromatic heterocycles. The van der Waals surface area contributed by atoms with Crippen LogP contribution in [0.3, 0.4) is 0 Å². The van der Waals surface area contributed by atoms with Crippen LogP contribution in [0.5, 0.6) is 0 Å². The molecular weight excluding hydrogens is 262 g/mol. The van der Waals surface area contributed by atoms with Gasteiger partial charge >= 0.3 is 6.09 Å². The van der Waals surface area contributed by atoms with Gasteiger partial charge in [-0.3, -0.25) is 0 Å². The molecule has 2 aromatic rings. The van der Waals surface area contributed by atoms with Crippen molar-refractivity contribution in [3.8, 4) is 0 Å². The van der Waals surface area contributed by atoms with Crippen molar-refractivity contribution < 1.29 is 9.53 Å². The molecule has 0 aliphatic rings. The van der Waals surface area contributed by atoms with Crippen molar-refractivity contribution in [3.05, 3.63) is 60.2 Å². The predicted octanol–water partition coefficient (Wildman–Crippen LogP) is 4.89. The van der Waals surface area contributed by atoms with Gasteiger partial charge in [-0.2, -0.15) is 0 Å². The molecule has 0 saturated carbocycles. The molecule has 2 aromatic carbocycles. The average Bonchev–Trinajstić information content (AvgIpc) is 2.48. The number of anilines is 2. The van der Waals surface area contributed by atoms with Crippen molar-refractivity contribution in [2.24, 2.45) is 0 Å². The molecule has 0 heterocycles. The minimum absolute atomic E-state index is 0.0847. The third kappa shape index (κ3) is 3.43. The summed E-state index contributed by atoms with van der Waals surface area (Å²) < 4.78 is 4.91. The first-order valence-electron chi connectivity index (χ1n) is 6.97. The summed E-state index contributed by atoms with van der Waals surface area (Å²) in [6.07, 6.45) is -0.398. The lowest BCUT2D eigenvalue weighted by Gasteiger charge is -2.23. The van der Waals surface area contributed by atoms with E-state index in [0.717, 1.165) is 11.4 Å². The number of carbonyl (C=O) groups is 1. The van der Waals surface area contributed by atoms with Gasteiger partial charge in [0.15, 0.2) is 0 Å². The molecule has 1 amide bonds. The minimum Gasteiger partial charge on any atom is -0.452 e. The fourth-order valence-corrected chi connectivity index (χ4v) is 2.14. The van der Waals surface area contributed by atoms with E-state index in [4.69, 9.17) is 4.74 Å². The molecule has 110 valence electrons. The number of rotatable bonds is 2. The topological polar surface area (TPSA) is 29.5 Å². The first-order valence-corrected chi connectivity index (χ1v) is 6.97. The van der Waals surface area contributed by atoms with Crippen LogP contribution in [-0.2, 0) is 10.2 Å². The average molecular weight is 283 g/mol. The maximum atomic E-state index is 12.1. The van der Waals surface area contributed by atoms with Crippen LogP contribution < -0.4 is 4.90 Å². The van der Waals surface area contributed by atoms with E-state index in [0.29, 0.717) is 0 Å². The third-order valence-electron chi connectivity index (χ3n) is 3.36. The molecule has 0 radical (unpaired) electrons. The lowest BCUT2D eigenvalue weighted by Crippen LogP contribution is -2.25. The van der Waals surface area contributed by atoms with Crippen LogP contribution in [0.4, 0.5) is 16.2 Å². The molecule has 0 saturated heterocycles. The fourth-order valence-electron chi connectivity index (χ4n) is 2.14. The second-order valence-electron chi connectivity index (χ2n) is 5.94. The first kappa shape index (κ1) is 15.1. The Morgan fingerprint density at radius 2 is 1.43 bits per heavy atom. The Kier molecular flexibility index (Phi) is 4.32. The quantitative estimate of drug-likeness (QED) is 0.785. The van der Waals surface area contributed by atoms with Crippen molar-refractivity contribution in [2.45, 2.75) is 26.2 Å². The van der Waals surface area contributed by atoms with E-state index in [1.54, 1.807) is 4.90 Å². The molecule has 0 bridgehead atoms. The molecule has 0 spiro atoms. The minimum atomic E-state index is -0.398. The van der Waals surface area contributed by atoms with Crippen molar-refractivity contribution in [1.29, 1.82) is 0 Å². The lowest BCUT2D eigenvalue weighted by molar-refractivity contribution is 0.181. The number of para-hydroxylation sites is 1. The highest BCUT2D eigenvalue weighted by molar-refractivity contribution is 5.95. The largest absolute Gasteiger partial charge is 0.452 e. The SMILES string of the molecule is COC(=O)N(c1ccccc1)c1ccc(C(C)(C)C)cc1. The molecular formula is C18H21NO2. The summed E-state index contributed by atoms with van der Waals surface area (Å²) >= 11 is 0. The molecule has 0 fully saturated rings. The molecule has 0 N–H and O–H groups in total. The van der Waals surface area contributed by atoms with Crippen LogP contribution in [-0.4, -0.2) is 13.2 Å². The number of benzene rings is 2. The van der Waals surface area contributed by atoms with Gasteiger partial charge in [0.2, 0.25) is 0 Å². The Hall–Kier alpha value is -2.29. The van der Waals surface area contributed by atoms with Gasteiger partial charge in [0.25, 0.3) is 0 Å². The van der Waals surface area contributed by atoms with Gasteiger partial charge in [0.05, 0.1) is 18.5 Å². The van der Waals surface area contributed by atoms with E-state index in [2.05, 4.69) is 20.8 Å². The zero-order chi connectivity index (χ0) is 15.5. The van der Waals surface area contributed by atoms with Crippen molar-refractivity contribution in [2.75, 3.05) is 12.0 Å². The Bertz CT molecular complexity index is 597. The zero-order valence-electron chi connectivity index (χ0n) is 13.0. The Morgan fingerprint density at radius 3 is 1.90 bits per heavy atom. The normalized spacial score (nSPS) is 11.0. The number of amides is 1. The van der Waals surface area contributed by atoms with Gasteiger partial charge in [0, 0.05) is 0 Å². The van der Waals surface area contributed by atoms with Gasteiger partial charge in [0.1, 0.15) is 0 Å². The highest BCUT2D eigenvalue weighted by Crippen LogP contribution is 2.29. The summed E-state index contributed by atoms with van der Waals surface area (Å²) in [5.41, 5.74) is 2.89.